The summed E-state index contributed by atoms with van der Waals surface area (Å²) >= 11 is 0. The molecule has 9 nitrogen and oxygen atoms in total. The molecule has 0 aliphatic carbocycles. The number of rotatable bonds is 57. The van der Waals surface area contributed by atoms with Crippen molar-refractivity contribution < 1.29 is 14.2 Å². The molecule has 0 N–H and O–H groups in total. The molecule has 75 heavy (non-hydrogen) atoms. The first-order valence-electron chi connectivity index (χ1n) is 33.8. The van der Waals surface area contributed by atoms with Crippen molar-refractivity contribution in [3.8, 4) is 0 Å². The standard InChI is InChI=1S/C66H123N3O6/c1-4-7-10-13-16-19-22-25-28-31-34-37-40-43-46-49-58(52-61-55-73-61)67-64(70)68(59(53-62-56-74-62)50-47-44-41-38-35-32-29-26-23-20-17-14-11-8-5-2)66(72)69(65(67)71)60(54-63-57-75-63)51-48-45-42-39-36-33-30-27-24-21-18-15-12-9-6-3/h58-63H,4-57H2,1-3H3. The highest BCUT2D eigenvalue weighted by Crippen LogP contribution is 2.31. The van der Waals surface area contributed by atoms with E-state index in [2.05, 4.69) is 20.8 Å². The summed E-state index contributed by atoms with van der Waals surface area (Å²) in [6, 6.07) is -0.862. The van der Waals surface area contributed by atoms with Gasteiger partial charge in [-0.25, -0.2) is 28.1 Å². The van der Waals surface area contributed by atoms with E-state index in [-0.39, 0.29) is 36.4 Å². The molecule has 3 saturated heterocycles. The first-order valence-corrected chi connectivity index (χ1v) is 33.8. The van der Waals surface area contributed by atoms with Gasteiger partial charge in [-0.3, -0.25) is 0 Å². The van der Waals surface area contributed by atoms with Crippen LogP contribution in [0.1, 0.15) is 366 Å². The summed E-state index contributed by atoms with van der Waals surface area (Å²) in [5, 5.41) is 0. The van der Waals surface area contributed by atoms with Crippen molar-refractivity contribution in [3.63, 3.8) is 0 Å². The van der Waals surface area contributed by atoms with Gasteiger partial charge in [-0.1, -0.05) is 310 Å². The topological polar surface area (TPSA) is 104 Å². The summed E-state index contributed by atoms with van der Waals surface area (Å²) in [6.07, 6.45) is 63.1. The summed E-state index contributed by atoms with van der Waals surface area (Å²) in [7, 11) is 0. The summed E-state index contributed by atoms with van der Waals surface area (Å²) in [5.74, 6) is 0. The van der Waals surface area contributed by atoms with Gasteiger partial charge in [0.25, 0.3) is 0 Å². The molecular formula is C66H123N3O6. The van der Waals surface area contributed by atoms with Crippen LogP contribution in [0.15, 0.2) is 14.4 Å². The lowest BCUT2D eigenvalue weighted by Gasteiger charge is -2.27. The van der Waals surface area contributed by atoms with Crippen molar-refractivity contribution in [3.05, 3.63) is 31.5 Å². The highest BCUT2D eigenvalue weighted by atomic mass is 16.6. The first kappa shape index (κ1) is 65.8. The van der Waals surface area contributed by atoms with Crippen LogP contribution in [-0.2, 0) is 14.2 Å². The van der Waals surface area contributed by atoms with Gasteiger partial charge in [0, 0.05) is 18.1 Å². The van der Waals surface area contributed by atoms with Crippen LogP contribution >= 0.6 is 0 Å². The Kier molecular flexibility index (Phi) is 38.7. The van der Waals surface area contributed by atoms with Gasteiger partial charge in [0.15, 0.2) is 0 Å². The third kappa shape index (κ3) is 31.6. The zero-order valence-corrected chi connectivity index (χ0v) is 49.9. The molecule has 6 atom stereocenters. The van der Waals surface area contributed by atoms with Crippen LogP contribution in [0, 0.1) is 0 Å². The van der Waals surface area contributed by atoms with Crippen LogP contribution in [0.2, 0.25) is 0 Å². The normalized spacial score (nSPS) is 18.2. The molecule has 3 fully saturated rings. The van der Waals surface area contributed by atoms with Crippen molar-refractivity contribution in [1.29, 1.82) is 0 Å². The predicted octanol–water partition coefficient (Wildman–Crippen LogP) is 18.9. The second kappa shape index (κ2) is 44.1. The SMILES string of the molecule is CCCCCCCCCCCCCCCCCC(CC1CO1)n1c(=O)n(C(CCCCCCCCCCCCCCCCC)CC2CO2)c(=O)n(C(CCCCCCCCCCCCCCCCC)CC2CO2)c1=O. The quantitative estimate of drug-likeness (QED) is 0.0476. The Hall–Kier alpha value is -1.71. The molecule has 0 bridgehead atoms. The molecule has 4 rings (SSSR count). The maximum Gasteiger partial charge on any atom is 0.336 e. The molecule has 0 saturated carbocycles. The Morgan fingerprint density at radius 1 is 0.280 bits per heavy atom. The highest BCUT2D eigenvalue weighted by Gasteiger charge is 2.36. The van der Waals surface area contributed by atoms with E-state index in [0.717, 1.165) is 57.8 Å². The Morgan fingerprint density at radius 3 is 0.573 bits per heavy atom. The van der Waals surface area contributed by atoms with Crippen LogP contribution in [0.3, 0.4) is 0 Å². The molecular weight excluding hydrogens is 931 g/mol. The molecule has 6 unspecified atom stereocenters. The average Bonchev–Trinajstić information content (AvgIpc) is 4.26. The lowest BCUT2D eigenvalue weighted by Crippen LogP contribution is -2.57. The fourth-order valence-electron chi connectivity index (χ4n) is 12.4. The van der Waals surface area contributed by atoms with Crippen molar-refractivity contribution >= 4 is 0 Å². The van der Waals surface area contributed by atoms with Crippen molar-refractivity contribution in [2.45, 2.75) is 385 Å². The molecule has 438 valence electrons. The Labute approximate surface area is 462 Å². The van der Waals surface area contributed by atoms with Crippen LogP contribution in [0.25, 0.3) is 0 Å². The fourth-order valence-corrected chi connectivity index (χ4v) is 12.4. The fraction of sp³-hybridized carbons (Fsp3) is 0.955. The van der Waals surface area contributed by atoms with Gasteiger partial charge in [0.05, 0.1) is 38.1 Å². The van der Waals surface area contributed by atoms with E-state index in [0.29, 0.717) is 39.1 Å². The number of epoxide rings is 3. The van der Waals surface area contributed by atoms with Gasteiger partial charge in [0.2, 0.25) is 0 Å². The number of hydrogen-bond acceptors (Lipinski definition) is 6. The third-order valence-corrected chi connectivity index (χ3v) is 17.6. The second-order valence-corrected chi connectivity index (χ2v) is 24.7. The van der Waals surface area contributed by atoms with E-state index in [4.69, 9.17) is 14.2 Å². The van der Waals surface area contributed by atoms with Crippen molar-refractivity contribution in [2.24, 2.45) is 0 Å². The van der Waals surface area contributed by atoms with Gasteiger partial charge in [0.1, 0.15) is 0 Å². The number of nitrogens with zero attached hydrogens (tertiary/aromatic N) is 3. The third-order valence-electron chi connectivity index (χ3n) is 17.6. The van der Waals surface area contributed by atoms with E-state index in [9.17, 15) is 0 Å². The summed E-state index contributed by atoms with van der Waals surface area (Å²) in [4.78, 5) is 45.4. The number of hydrogen-bond donors (Lipinski definition) is 0. The Balaban J connectivity index is 1.38. The van der Waals surface area contributed by atoms with E-state index in [1.165, 1.54) is 250 Å². The van der Waals surface area contributed by atoms with Gasteiger partial charge >= 0.3 is 17.1 Å². The summed E-state index contributed by atoms with van der Waals surface area (Å²) in [5.41, 5.74) is -1.19. The zero-order valence-electron chi connectivity index (χ0n) is 49.9. The summed E-state index contributed by atoms with van der Waals surface area (Å²) in [6.45, 7) is 8.91. The monoisotopic (exact) mass is 1050 g/mol. The number of aromatic nitrogens is 3. The smallest absolute Gasteiger partial charge is 0.336 e. The average molecular weight is 1050 g/mol. The van der Waals surface area contributed by atoms with Crippen LogP contribution in [0.5, 0.6) is 0 Å². The van der Waals surface area contributed by atoms with Crippen LogP contribution in [-0.4, -0.2) is 51.8 Å². The molecule has 1 aromatic rings. The maximum absolute atomic E-state index is 15.1. The largest absolute Gasteiger partial charge is 0.373 e. The highest BCUT2D eigenvalue weighted by molar-refractivity contribution is 4.93. The molecule has 3 aliphatic heterocycles. The minimum absolute atomic E-state index is 0.0680. The molecule has 3 aliphatic rings. The molecule has 0 amide bonds. The Bertz CT molecular complexity index is 1440. The molecule has 0 radical (unpaired) electrons. The molecule has 0 spiro atoms. The van der Waals surface area contributed by atoms with Crippen molar-refractivity contribution in [2.75, 3.05) is 19.8 Å². The van der Waals surface area contributed by atoms with Crippen molar-refractivity contribution in [1.82, 2.24) is 13.7 Å². The van der Waals surface area contributed by atoms with E-state index in [1.807, 2.05) is 0 Å². The zero-order chi connectivity index (χ0) is 53.2. The minimum Gasteiger partial charge on any atom is -0.373 e. The second-order valence-electron chi connectivity index (χ2n) is 24.7. The maximum atomic E-state index is 15.1. The van der Waals surface area contributed by atoms with Gasteiger partial charge < -0.3 is 14.2 Å². The molecule has 0 aromatic carbocycles. The summed E-state index contributed by atoms with van der Waals surface area (Å²) < 4.78 is 22.1. The van der Waals surface area contributed by atoms with Gasteiger partial charge in [-0.2, -0.15) is 0 Å². The molecule has 1 aromatic heterocycles. The molecule has 9 heteroatoms. The Morgan fingerprint density at radius 2 is 0.427 bits per heavy atom. The van der Waals surface area contributed by atoms with E-state index >= 15 is 14.4 Å². The predicted molar refractivity (Wildman–Crippen MR) is 318 cm³/mol. The lowest BCUT2D eigenvalue weighted by molar-refractivity contribution is 0.253. The lowest BCUT2D eigenvalue weighted by atomic mass is 10.00. The van der Waals surface area contributed by atoms with Crippen LogP contribution in [0.4, 0.5) is 0 Å². The van der Waals surface area contributed by atoms with Crippen LogP contribution < -0.4 is 17.1 Å². The van der Waals surface area contributed by atoms with E-state index in [1.54, 1.807) is 13.7 Å². The number of ether oxygens (including phenoxy) is 3. The first-order chi connectivity index (χ1) is 37.0. The number of unbranched alkanes of at least 4 members (excludes halogenated alkanes) is 42. The van der Waals surface area contributed by atoms with Gasteiger partial charge in [-0.15, -0.1) is 0 Å². The minimum atomic E-state index is -0.395. The van der Waals surface area contributed by atoms with Gasteiger partial charge in [-0.05, 0) is 38.5 Å². The van der Waals surface area contributed by atoms with E-state index < -0.39 is 17.1 Å². The molecule has 4 heterocycles.